The van der Waals surface area contributed by atoms with E-state index < -0.39 is 5.91 Å². The van der Waals surface area contributed by atoms with Crippen molar-refractivity contribution in [2.45, 2.75) is 12.5 Å². The molecule has 0 unspecified atom stereocenters. The van der Waals surface area contributed by atoms with Crippen molar-refractivity contribution < 1.29 is 9.59 Å². The Morgan fingerprint density at radius 2 is 1.92 bits per heavy atom. The van der Waals surface area contributed by atoms with Crippen LogP contribution in [0.25, 0.3) is 0 Å². The molecule has 2 aromatic heterocycles. The normalized spacial score (nSPS) is 16.2. The lowest BCUT2D eigenvalue weighted by Crippen LogP contribution is -2.40. The molecule has 0 saturated carbocycles. The maximum atomic E-state index is 13.2. The lowest BCUT2D eigenvalue weighted by atomic mass is 9.92. The highest BCUT2D eigenvalue weighted by molar-refractivity contribution is 7.10. The van der Waals surface area contributed by atoms with E-state index in [1.807, 2.05) is 35.2 Å². The predicted molar refractivity (Wildman–Crippen MR) is 100 cm³/mol. The molecule has 1 aromatic carbocycles. The molecule has 0 aliphatic carbocycles. The first-order valence-corrected chi connectivity index (χ1v) is 9.21. The van der Waals surface area contributed by atoms with Gasteiger partial charge in [0.05, 0.1) is 11.6 Å². The van der Waals surface area contributed by atoms with Gasteiger partial charge in [-0.2, -0.15) is 0 Å². The van der Waals surface area contributed by atoms with E-state index in [9.17, 15) is 9.59 Å². The molecule has 1 aliphatic rings. The van der Waals surface area contributed by atoms with Crippen LogP contribution < -0.4 is 5.73 Å². The Labute approximate surface area is 155 Å². The molecular weight excluding hydrogens is 346 g/mol. The first-order chi connectivity index (χ1) is 12.6. The molecular formula is C20H17N3O2S. The number of hydrogen-bond acceptors (Lipinski definition) is 4. The molecule has 0 spiro atoms. The summed E-state index contributed by atoms with van der Waals surface area (Å²) in [4.78, 5) is 31.6. The summed E-state index contributed by atoms with van der Waals surface area (Å²) in [5.74, 6) is -0.703. The van der Waals surface area contributed by atoms with E-state index in [1.165, 1.54) is 22.7 Å². The zero-order valence-corrected chi connectivity index (χ0v) is 14.8. The highest BCUT2D eigenvalue weighted by Gasteiger charge is 2.33. The van der Waals surface area contributed by atoms with Gasteiger partial charge in [-0.25, -0.2) is 0 Å². The van der Waals surface area contributed by atoms with Crippen LogP contribution in [0, 0.1) is 0 Å². The highest BCUT2D eigenvalue weighted by atomic mass is 32.1. The fourth-order valence-corrected chi connectivity index (χ4v) is 4.27. The number of primary amides is 1. The van der Waals surface area contributed by atoms with Gasteiger partial charge in [-0.3, -0.25) is 14.6 Å². The number of nitrogens with two attached hydrogens (primary N) is 1. The molecule has 26 heavy (non-hydrogen) atoms. The van der Waals surface area contributed by atoms with Crippen LogP contribution in [-0.4, -0.2) is 28.2 Å². The Balaban J connectivity index is 1.72. The maximum Gasteiger partial charge on any atom is 0.267 e. The van der Waals surface area contributed by atoms with E-state index in [0.29, 0.717) is 12.1 Å². The average molecular weight is 363 g/mol. The lowest BCUT2D eigenvalue weighted by molar-refractivity contribution is 0.0695. The summed E-state index contributed by atoms with van der Waals surface area (Å²) in [6.45, 7) is 0.642. The molecule has 0 saturated heterocycles. The Bertz CT molecular complexity index is 951. The van der Waals surface area contributed by atoms with E-state index in [0.717, 1.165) is 12.0 Å². The molecule has 3 aromatic rings. The number of nitrogens with zero attached hydrogens (tertiary/aromatic N) is 2. The van der Waals surface area contributed by atoms with Crippen LogP contribution in [0.5, 0.6) is 0 Å². The molecule has 6 heteroatoms. The van der Waals surface area contributed by atoms with Crippen molar-refractivity contribution in [3.05, 3.63) is 87.4 Å². The third-order valence-electron chi connectivity index (χ3n) is 4.60. The Morgan fingerprint density at radius 1 is 1.12 bits per heavy atom. The summed E-state index contributed by atoms with van der Waals surface area (Å²) in [5.41, 5.74) is 8.10. The van der Waals surface area contributed by atoms with Gasteiger partial charge in [0.1, 0.15) is 5.69 Å². The van der Waals surface area contributed by atoms with Gasteiger partial charge in [-0.1, -0.05) is 30.3 Å². The van der Waals surface area contributed by atoms with E-state index in [2.05, 4.69) is 16.4 Å². The third-order valence-corrected chi connectivity index (χ3v) is 5.60. The quantitative estimate of drug-likeness (QED) is 0.777. The standard InChI is InChI=1S/C20H17N3O2S/c21-19(24)16-7-6-14(12-22-16)20(25)23-10-8-17-15(9-11-26-17)18(23)13-4-2-1-3-5-13/h1-7,9,11-12,18H,8,10H2,(H2,21,24)/t18-/m0/s1. The Hall–Kier alpha value is -2.99. The SMILES string of the molecule is NC(=O)c1ccc(C(=O)N2CCc3sccc3[C@@H]2c2ccccc2)cn1. The second-order valence-electron chi connectivity index (χ2n) is 6.16. The van der Waals surface area contributed by atoms with Gasteiger partial charge in [-0.05, 0) is 41.1 Å². The van der Waals surface area contributed by atoms with E-state index in [4.69, 9.17) is 5.73 Å². The average Bonchev–Trinajstić information content (AvgIpc) is 3.16. The molecule has 3 heterocycles. The fourth-order valence-electron chi connectivity index (χ4n) is 3.36. The van der Waals surface area contributed by atoms with Crippen molar-refractivity contribution in [1.82, 2.24) is 9.88 Å². The zero-order chi connectivity index (χ0) is 18.1. The number of aromatic nitrogens is 1. The first kappa shape index (κ1) is 16.5. The molecule has 0 bridgehead atoms. The maximum absolute atomic E-state index is 13.2. The summed E-state index contributed by atoms with van der Waals surface area (Å²) < 4.78 is 0. The van der Waals surface area contributed by atoms with Gasteiger partial charge in [0.25, 0.3) is 11.8 Å². The summed E-state index contributed by atoms with van der Waals surface area (Å²) in [6, 6.07) is 15.1. The van der Waals surface area contributed by atoms with E-state index >= 15 is 0 Å². The van der Waals surface area contributed by atoms with Gasteiger partial charge in [0.2, 0.25) is 0 Å². The molecule has 0 fully saturated rings. The first-order valence-electron chi connectivity index (χ1n) is 8.33. The van der Waals surface area contributed by atoms with Crippen molar-refractivity contribution in [1.29, 1.82) is 0 Å². The third kappa shape index (κ3) is 2.88. The number of rotatable bonds is 3. The van der Waals surface area contributed by atoms with Crippen molar-refractivity contribution in [3.8, 4) is 0 Å². The van der Waals surface area contributed by atoms with Crippen molar-refractivity contribution in [2.24, 2.45) is 5.73 Å². The summed E-state index contributed by atoms with van der Waals surface area (Å²) in [5, 5.41) is 2.08. The number of thiophene rings is 1. The number of benzene rings is 1. The lowest BCUT2D eigenvalue weighted by Gasteiger charge is -2.36. The number of hydrogen-bond donors (Lipinski definition) is 1. The van der Waals surface area contributed by atoms with E-state index in [1.54, 1.807) is 17.4 Å². The second kappa shape index (κ2) is 6.72. The summed E-state index contributed by atoms with van der Waals surface area (Å²) >= 11 is 1.74. The van der Waals surface area contributed by atoms with Crippen LogP contribution >= 0.6 is 11.3 Å². The van der Waals surface area contributed by atoms with Crippen LogP contribution in [0.1, 0.15) is 42.9 Å². The predicted octanol–water partition coefficient (Wildman–Crippen LogP) is 3.03. The molecule has 1 aliphatic heterocycles. The minimum absolute atomic E-state index is 0.0979. The van der Waals surface area contributed by atoms with Crippen LogP contribution in [0.4, 0.5) is 0 Å². The molecule has 1 atom stereocenters. The topological polar surface area (TPSA) is 76.3 Å². The van der Waals surface area contributed by atoms with Gasteiger partial charge in [0.15, 0.2) is 0 Å². The van der Waals surface area contributed by atoms with Crippen molar-refractivity contribution >= 4 is 23.2 Å². The van der Waals surface area contributed by atoms with Gasteiger partial charge in [-0.15, -0.1) is 11.3 Å². The number of fused-ring (bicyclic) bond motifs is 1. The number of carbonyl (C=O) groups excluding carboxylic acids is 2. The number of carbonyl (C=O) groups is 2. The molecule has 4 rings (SSSR count). The van der Waals surface area contributed by atoms with E-state index in [-0.39, 0.29) is 17.6 Å². The highest BCUT2D eigenvalue weighted by Crippen LogP contribution is 2.38. The largest absolute Gasteiger partial charge is 0.364 e. The van der Waals surface area contributed by atoms with Crippen LogP contribution in [0.3, 0.4) is 0 Å². The Morgan fingerprint density at radius 3 is 2.62 bits per heavy atom. The molecule has 2 N–H and O–H groups in total. The van der Waals surface area contributed by atoms with Crippen molar-refractivity contribution in [2.75, 3.05) is 6.54 Å². The number of pyridine rings is 1. The van der Waals surface area contributed by atoms with Gasteiger partial charge >= 0.3 is 0 Å². The van der Waals surface area contributed by atoms with Crippen LogP contribution in [-0.2, 0) is 6.42 Å². The van der Waals surface area contributed by atoms with Gasteiger partial charge < -0.3 is 10.6 Å². The second-order valence-corrected chi connectivity index (χ2v) is 7.16. The molecule has 5 nitrogen and oxygen atoms in total. The molecule has 2 amide bonds. The minimum Gasteiger partial charge on any atom is -0.364 e. The monoisotopic (exact) mass is 363 g/mol. The summed E-state index contributed by atoms with van der Waals surface area (Å²) in [7, 11) is 0. The number of amides is 2. The zero-order valence-electron chi connectivity index (χ0n) is 14.0. The minimum atomic E-state index is -0.605. The summed E-state index contributed by atoms with van der Waals surface area (Å²) in [6.07, 6.45) is 2.27. The Kier molecular flexibility index (Phi) is 4.26. The van der Waals surface area contributed by atoms with Gasteiger partial charge in [0, 0.05) is 17.6 Å². The molecule has 130 valence electrons. The van der Waals surface area contributed by atoms with Crippen molar-refractivity contribution in [3.63, 3.8) is 0 Å². The van der Waals surface area contributed by atoms with Crippen LogP contribution in [0.15, 0.2) is 60.1 Å². The van der Waals surface area contributed by atoms with Crippen LogP contribution in [0.2, 0.25) is 0 Å². The molecule has 0 radical (unpaired) electrons. The smallest absolute Gasteiger partial charge is 0.267 e. The fraction of sp³-hybridized carbons (Fsp3) is 0.150.